The lowest BCUT2D eigenvalue weighted by molar-refractivity contribution is 0.0939. The van der Waals surface area contributed by atoms with Gasteiger partial charge in [0, 0.05) is 16.8 Å². The first-order valence-corrected chi connectivity index (χ1v) is 10.9. The molecule has 0 bridgehead atoms. The summed E-state index contributed by atoms with van der Waals surface area (Å²) in [5.74, 6) is 0.852. The first-order valence-electron chi connectivity index (χ1n) is 10.9. The Morgan fingerprint density at radius 2 is 1.53 bits per heavy atom. The highest BCUT2D eigenvalue weighted by Gasteiger charge is 2.12. The molecular formula is C27H30N2O3. The average molecular weight is 431 g/mol. The molecule has 2 amide bonds. The van der Waals surface area contributed by atoms with Gasteiger partial charge >= 0.3 is 0 Å². The smallest absolute Gasteiger partial charge is 0.255 e. The van der Waals surface area contributed by atoms with Crippen molar-refractivity contribution in [2.24, 2.45) is 5.92 Å². The normalized spacial score (nSPS) is 11.6. The molecule has 3 rings (SSSR count). The fourth-order valence-electron chi connectivity index (χ4n) is 3.15. The van der Waals surface area contributed by atoms with Crippen LogP contribution in [0.15, 0.2) is 78.9 Å². The summed E-state index contributed by atoms with van der Waals surface area (Å²) < 4.78 is 5.74. The van der Waals surface area contributed by atoms with E-state index in [9.17, 15) is 9.59 Å². The molecule has 0 radical (unpaired) electrons. The summed E-state index contributed by atoms with van der Waals surface area (Å²) in [6.45, 7) is 6.86. The van der Waals surface area contributed by atoms with Crippen LogP contribution >= 0.6 is 0 Å². The van der Waals surface area contributed by atoms with Crippen LogP contribution in [-0.4, -0.2) is 18.4 Å². The molecule has 0 saturated carbocycles. The molecule has 0 aliphatic carbocycles. The third kappa shape index (κ3) is 6.71. The second-order valence-electron chi connectivity index (χ2n) is 8.20. The van der Waals surface area contributed by atoms with Crippen molar-refractivity contribution < 1.29 is 14.3 Å². The maximum Gasteiger partial charge on any atom is 0.255 e. The fraction of sp³-hybridized carbons (Fsp3) is 0.259. The van der Waals surface area contributed by atoms with E-state index in [1.54, 1.807) is 42.5 Å². The number of ether oxygens (including phenoxy) is 1. The molecule has 5 heteroatoms. The number of rotatable bonds is 9. The zero-order valence-electron chi connectivity index (χ0n) is 18.8. The lowest BCUT2D eigenvalue weighted by Crippen LogP contribution is -2.26. The van der Waals surface area contributed by atoms with Gasteiger partial charge in [0.2, 0.25) is 0 Å². The average Bonchev–Trinajstić information content (AvgIpc) is 2.80. The first-order chi connectivity index (χ1) is 15.4. The molecule has 0 fully saturated rings. The molecule has 0 spiro atoms. The molecule has 3 aromatic rings. The van der Waals surface area contributed by atoms with Crippen molar-refractivity contribution in [1.82, 2.24) is 5.32 Å². The quantitative estimate of drug-likeness (QED) is 0.447. The maximum atomic E-state index is 12.6. The number of hydrogen-bond donors (Lipinski definition) is 2. The minimum atomic E-state index is -0.228. The number of anilines is 1. The first kappa shape index (κ1) is 23.1. The number of benzene rings is 3. The zero-order chi connectivity index (χ0) is 22.9. The molecular weight excluding hydrogens is 400 g/mol. The Hall–Kier alpha value is -3.60. The summed E-state index contributed by atoms with van der Waals surface area (Å²) in [6.07, 6.45) is 0.959. The van der Waals surface area contributed by atoms with Crippen LogP contribution in [0, 0.1) is 5.92 Å². The minimum absolute atomic E-state index is 0.0990. The van der Waals surface area contributed by atoms with Crippen LogP contribution in [0.4, 0.5) is 5.69 Å². The highest BCUT2D eigenvalue weighted by Crippen LogP contribution is 2.18. The van der Waals surface area contributed by atoms with Gasteiger partial charge in [-0.05, 0) is 67.3 Å². The van der Waals surface area contributed by atoms with E-state index >= 15 is 0 Å². The highest BCUT2D eigenvalue weighted by atomic mass is 16.5. The molecule has 2 N–H and O–H groups in total. The van der Waals surface area contributed by atoms with Crippen molar-refractivity contribution in [3.63, 3.8) is 0 Å². The van der Waals surface area contributed by atoms with Gasteiger partial charge in [-0.3, -0.25) is 9.59 Å². The lowest BCUT2D eigenvalue weighted by atomic mass is 10.1. The molecule has 5 nitrogen and oxygen atoms in total. The van der Waals surface area contributed by atoms with Gasteiger partial charge in [0.1, 0.15) is 5.75 Å². The third-order valence-electron chi connectivity index (χ3n) is 5.11. The minimum Gasteiger partial charge on any atom is -0.494 e. The van der Waals surface area contributed by atoms with Crippen LogP contribution in [0.5, 0.6) is 5.75 Å². The van der Waals surface area contributed by atoms with E-state index in [0.717, 1.165) is 12.0 Å². The molecule has 0 aliphatic rings. The Morgan fingerprint density at radius 1 is 0.812 bits per heavy atom. The molecule has 3 aromatic carbocycles. The van der Waals surface area contributed by atoms with Crippen molar-refractivity contribution in [3.05, 3.63) is 95.6 Å². The summed E-state index contributed by atoms with van der Waals surface area (Å²) in [6, 6.07) is 23.7. The van der Waals surface area contributed by atoms with Gasteiger partial charge < -0.3 is 15.4 Å². The van der Waals surface area contributed by atoms with Gasteiger partial charge in [-0.25, -0.2) is 0 Å². The van der Waals surface area contributed by atoms with E-state index < -0.39 is 0 Å². The molecule has 0 saturated heterocycles. The van der Waals surface area contributed by atoms with Crippen molar-refractivity contribution >= 4 is 17.5 Å². The number of nitrogens with one attached hydrogen (secondary N) is 2. The molecule has 0 aromatic heterocycles. The summed E-state index contributed by atoms with van der Waals surface area (Å²) in [7, 11) is 0. The Kier molecular flexibility index (Phi) is 8.03. The summed E-state index contributed by atoms with van der Waals surface area (Å²) in [4.78, 5) is 25.2. The van der Waals surface area contributed by atoms with Crippen molar-refractivity contribution in [2.75, 3.05) is 11.9 Å². The van der Waals surface area contributed by atoms with E-state index in [4.69, 9.17) is 4.74 Å². The Labute approximate surface area is 189 Å². The number of carbonyl (C=O) groups excluding carboxylic acids is 2. The predicted molar refractivity (Wildman–Crippen MR) is 128 cm³/mol. The van der Waals surface area contributed by atoms with Gasteiger partial charge in [-0.15, -0.1) is 0 Å². The van der Waals surface area contributed by atoms with E-state index in [2.05, 4.69) is 24.5 Å². The molecule has 1 unspecified atom stereocenters. The van der Waals surface area contributed by atoms with Gasteiger partial charge in [-0.1, -0.05) is 50.2 Å². The second-order valence-corrected chi connectivity index (χ2v) is 8.20. The second kappa shape index (κ2) is 11.1. The SMILES string of the molecule is CC(C)CCOc1cccc(C(=O)Nc2ccc(C(=O)NC(C)c3ccccc3)cc2)c1. The Morgan fingerprint density at radius 3 is 2.22 bits per heavy atom. The fourth-order valence-corrected chi connectivity index (χ4v) is 3.15. The van der Waals surface area contributed by atoms with Crippen molar-refractivity contribution in [3.8, 4) is 5.75 Å². The van der Waals surface area contributed by atoms with Gasteiger partial charge in [0.15, 0.2) is 0 Å². The molecule has 32 heavy (non-hydrogen) atoms. The van der Waals surface area contributed by atoms with E-state index in [1.165, 1.54) is 0 Å². The topological polar surface area (TPSA) is 67.4 Å². The van der Waals surface area contributed by atoms with E-state index in [1.807, 2.05) is 43.3 Å². The summed E-state index contributed by atoms with van der Waals surface area (Å²) >= 11 is 0. The van der Waals surface area contributed by atoms with Crippen LogP contribution in [0.3, 0.4) is 0 Å². The summed E-state index contributed by atoms with van der Waals surface area (Å²) in [5.41, 5.74) is 2.71. The number of carbonyl (C=O) groups is 2. The predicted octanol–water partition coefficient (Wildman–Crippen LogP) is 5.85. The highest BCUT2D eigenvalue weighted by molar-refractivity contribution is 6.04. The molecule has 0 heterocycles. The van der Waals surface area contributed by atoms with Gasteiger partial charge in [0.25, 0.3) is 11.8 Å². The number of amides is 2. The Bertz CT molecular complexity index is 1030. The van der Waals surface area contributed by atoms with Crippen molar-refractivity contribution in [1.29, 1.82) is 0 Å². The lowest BCUT2D eigenvalue weighted by Gasteiger charge is -2.14. The largest absolute Gasteiger partial charge is 0.494 e. The van der Waals surface area contributed by atoms with Gasteiger partial charge in [0.05, 0.1) is 12.6 Å². The van der Waals surface area contributed by atoms with Crippen LogP contribution in [0.2, 0.25) is 0 Å². The third-order valence-corrected chi connectivity index (χ3v) is 5.11. The zero-order valence-corrected chi connectivity index (χ0v) is 18.8. The van der Waals surface area contributed by atoms with Crippen LogP contribution in [0.25, 0.3) is 0 Å². The summed E-state index contributed by atoms with van der Waals surface area (Å²) in [5, 5.41) is 5.85. The molecule has 0 aliphatic heterocycles. The van der Waals surface area contributed by atoms with Crippen LogP contribution in [-0.2, 0) is 0 Å². The van der Waals surface area contributed by atoms with Gasteiger partial charge in [-0.2, -0.15) is 0 Å². The maximum absolute atomic E-state index is 12.6. The van der Waals surface area contributed by atoms with Crippen molar-refractivity contribution in [2.45, 2.75) is 33.2 Å². The monoisotopic (exact) mass is 430 g/mol. The standard InChI is InChI=1S/C27H30N2O3/c1-19(2)16-17-32-25-11-7-10-23(18-25)27(31)29-24-14-12-22(13-15-24)26(30)28-20(3)21-8-5-4-6-9-21/h4-15,18-20H,16-17H2,1-3H3,(H,28,30)(H,29,31). The Balaban J connectivity index is 1.57. The number of hydrogen-bond acceptors (Lipinski definition) is 3. The van der Waals surface area contributed by atoms with Crippen LogP contribution in [0.1, 0.15) is 59.5 Å². The van der Waals surface area contributed by atoms with Crippen LogP contribution < -0.4 is 15.4 Å². The molecule has 1 atom stereocenters. The molecule has 166 valence electrons. The van der Waals surface area contributed by atoms with E-state index in [0.29, 0.717) is 35.1 Å². The van der Waals surface area contributed by atoms with E-state index in [-0.39, 0.29) is 17.9 Å².